The molecule has 148 valence electrons. The molecule has 0 aliphatic rings. The fraction of sp³-hybridized carbons (Fsp3) is 0.200. The number of rotatable bonds is 7. The van der Waals surface area contributed by atoms with Crippen molar-refractivity contribution in [2.24, 2.45) is 0 Å². The highest BCUT2D eigenvalue weighted by atomic mass is 35.5. The Morgan fingerprint density at radius 2 is 1.90 bits per heavy atom. The van der Waals surface area contributed by atoms with Gasteiger partial charge in [0.25, 0.3) is 5.56 Å². The molecule has 0 spiro atoms. The van der Waals surface area contributed by atoms with Gasteiger partial charge in [-0.3, -0.25) is 9.36 Å². The van der Waals surface area contributed by atoms with E-state index in [-0.39, 0.29) is 12.2 Å². The van der Waals surface area contributed by atoms with E-state index in [2.05, 4.69) is 15.1 Å². The Labute approximate surface area is 175 Å². The first-order chi connectivity index (χ1) is 14.2. The van der Waals surface area contributed by atoms with Crippen molar-refractivity contribution in [3.63, 3.8) is 0 Å². The van der Waals surface area contributed by atoms with Gasteiger partial charge < -0.3 is 9.63 Å². The molecule has 1 N–H and O–H groups in total. The van der Waals surface area contributed by atoms with Crippen molar-refractivity contribution in [1.29, 1.82) is 0 Å². The van der Waals surface area contributed by atoms with Gasteiger partial charge in [0.15, 0.2) is 5.16 Å². The van der Waals surface area contributed by atoms with Gasteiger partial charge >= 0.3 is 0 Å². The lowest BCUT2D eigenvalue weighted by Gasteiger charge is -2.11. The minimum Gasteiger partial charge on any atom is -0.396 e. The van der Waals surface area contributed by atoms with Gasteiger partial charge in [0, 0.05) is 23.7 Å². The fourth-order valence-corrected chi connectivity index (χ4v) is 3.83. The number of halogens is 1. The SMILES string of the molecule is O=c1c2ccccc2nc(SCc2nc(-c3ccc(Cl)cc3)no2)n1CCCO. The van der Waals surface area contributed by atoms with Crippen LogP contribution in [-0.4, -0.2) is 31.4 Å². The summed E-state index contributed by atoms with van der Waals surface area (Å²) in [6.45, 7) is 0.382. The summed E-state index contributed by atoms with van der Waals surface area (Å²) < 4.78 is 6.92. The minimum absolute atomic E-state index is 0.00249. The second kappa shape index (κ2) is 8.77. The molecule has 9 heteroatoms. The van der Waals surface area contributed by atoms with Crippen LogP contribution in [0.5, 0.6) is 0 Å². The number of benzene rings is 2. The number of fused-ring (bicyclic) bond motifs is 1. The largest absolute Gasteiger partial charge is 0.396 e. The van der Waals surface area contributed by atoms with Crippen LogP contribution in [0.2, 0.25) is 5.02 Å². The molecule has 0 fully saturated rings. The number of para-hydroxylation sites is 1. The maximum absolute atomic E-state index is 12.8. The van der Waals surface area contributed by atoms with Crippen LogP contribution in [0.25, 0.3) is 22.3 Å². The molecule has 2 aromatic heterocycles. The summed E-state index contributed by atoms with van der Waals surface area (Å²) in [6, 6.07) is 14.4. The molecular formula is C20H17ClN4O3S. The molecule has 0 radical (unpaired) electrons. The zero-order valence-electron chi connectivity index (χ0n) is 15.3. The predicted octanol–water partition coefficient (Wildman–Crippen LogP) is 3.77. The van der Waals surface area contributed by atoms with E-state index in [1.54, 1.807) is 22.8 Å². The third-order valence-electron chi connectivity index (χ3n) is 4.26. The van der Waals surface area contributed by atoms with Gasteiger partial charge in [-0.1, -0.05) is 40.7 Å². The van der Waals surface area contributed by atoms with E-state index in [9.17, 15) is 9.90 Å². The standard InChI is InChI=1S/C20H17ClN4O3S/c21-14-8-6-13(7-9-14)18-23-17(28-24-18)12-29-20-22-16-5-2-1-4-15(16)19(27)25(20)10-3-11-26/h1-2,4-9,26H,3,10-12H2. The highest BCUT2D eigenvalue weighted by molar-refractivity contribution is 7.98. The molecule has 0 unspecified atom stereocenters. The lowest BCUT2D eigenvalue weighted by atomic mass is 10.2. The summed E-state index contributed by atoms with van der Waals surface area (Å²) in [5.41, 5.74) is 1.31. The van der Waals surface area contributed by atoms with Crippen molar-refractivity contribution in [2.75, 3.05) is 6.61 Å². The van der Waals surface area contributed by atoms with Crippen LogP contribution in [0, 0.1) is 0 Å². The Morgan fingerprint density at radius 3 is 2.69 bits per heavy atom. The summed E-state index contributed by atoms with van der Waals surface area (Å²) in [5, 5.41) is 14.9. The molecule has 0 saturated heterocycles. The lowest BCUT2D eigenvalue weighted by Crippen LogP contribution is -2.24. The molecular weight excluding hydrogens is 412 g/mol. The summed E-state index contributed by atoms with van der Waals surface area (Å²) in [6.07, 6.45) is 0.467. The summed E-state index contributed by atoms with van der Waals surface area (Å²) in [7, 11) is 0. The van der Waals surface area contributed by atoms with Crippen LogP contribution in [0.3, 0.4) is 0 Å². The monoisotopic (exact) mass is 428 g/mol. The van der Waals surface area contributed by atoms with E-state index in [0.29, 0.717) is 51.5 Å². The first kappa shape index (κ1) is 19.6. The van der Waals surface area contributed by atoms with E-state index >= 15 is 0 Å². The molecule has 4 aromatic rings. The van der Waals surface area contributed by atoms with Gasteiger partial charge in [-0.05, 0) is 42.8 Å². The van der Waals surface area contributed by atoms with Gasteiger partial charge in [-0.25, -0.2) is 4.98 Å². The first-order valence-corrected chi connectivity index (χ1v) is 10.3. The van der Waals surface area contributed by atoms with Crippen LogP contribution >= 0.6 is 23.4 Å². The average Bonchev–Trinajstić information content (AvgIpc) is 3.21. The summed E-state index contributed by atoms with van der Waals surface area (Å²) >= 11 is 7.25. The second-order valence-electron chi connectivity index (χ2n) is 6.25. The van der Waals surface area contributed by atoms with Crippen molar-refractivity contribution in [3.05, 3.63) is 69.8 Å². The van der Waals surface area contributed by atoms with Crippen molar-refractivity contribution < 1.29 is 9.63 Å². The Hall–Kier alpha value is -2.68. The van der Waals surface area contributed by atoms with Crippen LogP contribution < -0.4 is 5.56 Å². The third-order valence-corrected chi connectivity index (χ3v) is 5.47. The number of hydrogen-bond donors (Lipinski definition) is 1. The van der Waals surface area contributed by atoms with E-state index in [4.69, 9.17) is 16.1 Å². The van der Waals surface area contributed by atoms with Crippen LogP contribution in [-0.2, 0) is 12.3 Å². The molecule has 4 rings (SSSR count). The number of nitrogens with zero attached hydrogens (tertiary/aromatic N) is 4. The van der Waals surface area contributed by atoms with E-state index in [0.717, 1.165) is 5.56 Å². The highest BCUT2D eigenvalue weighted by Gasteiger charge is 2.14. The quantitative estimate of drug-likeness (QED) is 0.353. The Kier molecular flexibility index (Phi) is 5.94. The number of thioether (sulfide) groups is 1. The van der Waals surface area contributed by atoms with E-state index in [1.165, 1.54) is 11.8 Å². The van der Waals surface area contributed by atoms with Gasteiger partial charge in [0.1, 0.15) is 0 Å². The molecule has 0 atom stereocenters. The molecule has 29 heavy (non-hydrogen) atoms. The molecule has 7 nitrogen and oxygen atoms in total. The molecule has 0 saturated carbocycles. The van der Waals surface area contributed by atoms with E-state index in [1.807, 2.05) is 30.3 Å². The Balaban J connectivity index is 1.59. The first-order valence-electron chi connectivity index (χ1n) is 8.97. The topological polar surface area (TPSA) is 94.0 Å². The predicted molar refractivity (Wildman–Crippen MR) is 112 cm³/mol. The zero-order chi connectivity index (χ0) is 20.2. The van der Waals surface area contributed by atoms with Crippen molar-refractivity contribution in [3.8, 4) is 11.4 Å². The normalized spacial score (nSPS) is 11.2. The van der Waals surface area contributed by atoms with Gasteiger partial charge in [0.2, 0.25) is 11.7 Å². The number of hydrogen-bond acceptors (Lipinski definition) is 7. The molecule has 2 aromatic carbocycles. The number of aromatic nitrogens is 4. The third kappa shape index (κ3) is 4.34. The highest BCUT2D eigenvalue weighted by Crippen LogP contribution is 2.24. The maximum Gasteiger partial charge on any atom is 0.262 e. The number of aliphatic hydroxyl groups is 1. The fourth-order valence-electron chi connectivity index (χ4n) is 2.84. The molecule has 0 bridgehead atoms. The second-order valence-corrected chi connectivity index (χ2v) is 7.63. The van der Waals surface area contributed by atoms with Gasteiger partial charge in [0.05, 0.1) is 16.7 Å². The summed E-state index contributed by atoms with van der Waals surface area (Å²) in [5.74, 6) is 1.27. The smallest absolute Gasteiger partial charge is 0.262 e. The summed E-state index contributed by atoms with van der Waals surface area (Å²) in [4.78, 5) is 21.9. The van der Waals surface area contributed by atoms with Crippen LogP contribution in [0.15, 0.2) is 63.0 Å². The average molecular weight is 429 g/mol. The molecule has 0 aliphatic heterocycles. The van der Waals surface area contributed by atoms with Gasteiger partial charge in [-0.2, -0.15) is 4.98 Å². The van der Waals surface area contributed by atoms with Crippen molar-refractivity contribution in [1.82, 2.24) is 19.7 Å². The van der Waals surface area contributed by atoms with Crippen LogP contribution in [0.1, 0.15) is 12.3 Å². The number of aliphatic hydroxyl groups excluding tert-OH is 1. The Morgan fingerprint density at radius 1 is 1.10 bits per heavy atom. The van der Waals surface area contributed by atoms with Gasteiger partial charge in [-0.15, -0.1) is 0 Å². The molecule has 0 amide bonds. The van der Waals surface area contributed by atoms with Crippen molar-refractivity contribution >= 4 is 34.3 Å². The Bertz CT molecular complexity index is 1190. The van der Waals surface area contributed by atoms with E-state index < -0.39 is 0 Å². The minimum atomic E-state index is -0.126. The molecule has 0 aliphatic carbocycles. The lowest BCUT2D eigenvalue weighted by molar-refractivity contribution is 0.276. The maximum atomic E-state index is 12.8. The van der Waals surface area contributed by atoms with Crippen molar-refractivity contribution in [2.45, 2.75) is 23.9 Å². The van der Waals surface area contributed by atoms with Crippen LogP contribution in [0.4, 0.5) is 0 Å². The zero-order valence-corrected chi connectivity index (χ0v) is 16.9. The molecule has 2 heterocycles.